The average Bonchev–Trinajstić information content (AvgIpc) is 2.49. The average molecular weight is 348 g/mol. The first-order valence-electron chi connectivity index (χ1n) is 6.54. The highest BCUT2D eigenvalue weighted by atomic mass is 32.2. The Morgan fingerprint density at radius 3 is 2.61 bits per heavy atom. The van der Waals surface area contributed by atoms with Crippen molar-refractivity contribution in [2.45, 2.75) is 23.9 Å². The molecule has 0 bridgehead atoms. The highest BCUT2D eigenvalue weighted by Crippen LogP contribution is 2.30. The number of benzene rings is 1. The van der Waals surface area contributed by atoms with Crippen molar-refractivity contribution in [1.82, 2.24) is 10.0 Å². The molecule has 0 saturated carbocycles. The summed E-state index contributed by atoms with van der Waals surface area (Å²) in [6.07, 6.45) is 0.573. The lowest BCUT2D eigenvalue weighted by Crippen LogP contribution is -2.28. The molecule has 0 heterocycles. The molecule has 0 fully saturated rings. The number of alkyl halides is 3. The van der Waals surface area contributed by atoms with Crippen molar-refractivity contribution in [3.63, 3.8) is 0 Å². The normalized spacial score (nSPS) is 11.7. The number of rotatable bonds is 7. The fourth-order valence-electron chi connectivity index (χ4n) is 1.62. The smallest absolute Gasteiger partial charge is 0.345 e. The molecule has 1 aromatic rings. The number of sulfonamides is 1. The van der Waals surface area contributed by atoms with Gasteiger partial charge in [0.15, 0.2) is 0 Å². The van der Waals surface area contributed by atoms with Crippen molar-refractivity contribution in [2.75, 3.05) is 13.1 Å². The Labute approximate surface area is 132 Å². The molecule has 1 rings (SSSR count). The van der Waals surface area contributed by atoms with Crippen LogP contribution in [0.15, 0.2) is 29.2 Å². The van der Waals surface area contributed by atoms with Crippen LogP contribution in [-0.2, 0) is 21.0 Å². The Morgan fingerprint density at radius 2 is 2.00 bits per heavy atom. The number of nitrogens with one attached hydrogen (secondary N) is 2. The fourth-order valence-corrected chi connectivity index (χ4v) is 2.74. The summed E-state index contributed by atoms with van der Waals surface area (Å²) >= 11 is 0. The third kappa shape index (κ3) is 6.30. The summed E-state index contributed by atoms with van der Waals surface area (Å²) in [5.74, 6) is 1.88. The molecule has 1 aromatic carbocycles. The monoisotopic (exact) mass is 348 g/mol. The number of hydrogen-bond acceptors (Lipinski definition) is 3. The van der Waals surface area contributed by atoms with Crippen molar-refractivity contribution in [3.8, 4) is 12.3 Å². The van der Waals surface area contributed by atoms with Crippen molar-refractivity contribution < 1.29 is 26.4 Å². The molecular weight excluding hydrogens is 333 g/mol. The van der Waals surface area contributed by atoms with Crippen LogP contribution in [0.2, 0.25) is 0 Å². The zero-order valence-electron chi connectivity index (χ0n) is 12.0. The minimum absolute atomic E-state index is 0.0484. The van der Waals surface area contributed by atoms with Gasteiger partial charge in [-0.05, 0) is 24.6 Å². The highest BCUT2D eigenvalue weighted by Gasteiger charge is 2.31. The Hall–Kier alpha value is -2.05. The molecule has 126 valence electrons. The molecule has 9 heteroatoms. The minimum Gasteiger partial charge on any atom is -0.345 e. The van der Waals surface area contributed by atoms with Crippen LogP contribution < -0.4 is 10.0 Å². The van der Waals surface area contributed by atoms with E-state index in [1.165, 1.54) is 0 Å². The van der Waals surface area contributed by atoms with Crippen LogP contribution in [0.4, 0.5) is 13.2 Å². The van der Waals surface area contributed by atoms with Crippen molar-refractivity contribution in [1.29, 1.82) is 0 Å². The minimum atomic E-state index is -4.62. The maximum atomic E-state index is 12.6. The first-order chi connectivity index (χ1) is 10.7. The topological polar surface area (TPSA) is 75.3 Å². The van der Waals surface area contributed by atoms with Crippen molar-refractivity contribution in [3.05, 3.63) is 29.8 Å². The van der Waals surface area contributed by atoms with E-state index >= 15 is 0 Å². The van der Waals surface area contributed by atoms with E-state index in [4.69, 9.17) is 6.42 Å². The van der Waals surface area contributed by atoms with Gasteiger partial charge >= 0.3 is 6.18 Å². The van der Waals surface area contributed by atoms with Gasteiger partial charge in [0.05, 0.1) is 17.0 Å². The summed E-state index contributed by atoms with van der Waals surface area (Å²) in [6, 6.07) is 3.43. The molecular formula is C14H15F3N2O3S. The maximum Gasteiger partial charge on any atom is 0.416 e. The zero-order chi connectivity index (χ0) is 17.5. The third-order valence-electron chi connectivity index (χ3n) is 2.73. The van der Waals surface area contributed by atoms with Gasteiger partial charge in [0.2, 0.25) is 15.9 Å². The van der Waals surface area contributed by atoms with E-state index in [2.05, 4.69) is 16.0 Å². The molecule has 0 saturated heterocycles. The number of halogens is 3. The number of terminal acetylenes is 1. The number of amides is 1. The van der Waals surface area contributed by atoms with Gasteiger partial charge in [0.25, 0.3) is 0 Å². The molecule has 1 amide bonds. The lowest BCUT2D eigenvalue weighted by atomic mass is 10.2. The molecule has 0 spiro atoms. The van der Waals surface area contributed by atoms with Gasteiger partial charge < -0.3 is 5.32 Å². The van der Waals surface area contributed by atoms with Crippen LogP contribution in [0.1, 0.15) is 18.4 Å². The van der Waals surface area contributed by atoms with E-state index in [-0.39, 0.29) is 31.8 Å². The first kappa shape index (κ1) is 19.0. The summed E-state index contributed by atoms with van der Waals surface area (Å²) in [5.41, 5.74) is -1.05. The van der Waals surface area contributed by atoms with Crippen LogP contribution in [0.25, 0.3) is 0 Å². The van der Waals surface area contributed by atoms with Gasteiger partial charge in [-0.2, -0.15) is 13.2 Å². The highest BCUT2D eigenvalue weighted by molar-refractivity contribution is 7.89. The summed E-state index contributed by atoms with van der Waals surface area (Å²) in [5, 5.41) is 2.41. The Balaban J connectivity index is 2.60. The number of carbonyl (C=O) groups excluding carboxylic acids is 1. The molecule has 2 N–H and O–H groups in total. The van der Waals surface area contributed by atoms with Gasteiger partial charge in [-0.25, -0.2) is 13.1 Å². The molecule has 0 aromatic heterocycles. The third-order valence-corrected chi connectivity index (χ3v) is 4.19. The second kappa shape index (κ2) is 7.99. The quantitative estimate of drug-likeness (QED) is 0.579. The van der Waals surface area contributed by atoms with E-state index < -0.39 is 26.7 Å². The second-order valence-corrected chi connectivity index (χ2v) is 6.27. The maximum absolute atomic E-state index is 12.6. The van der Waals surface area contributed by atoms with E-state index in [1.807, 2.05) is 0 Å². The summed E-state index contributed by atoms with van der Waals surface area (Å²) < 4.78 is 63.7. The van der Waals surface area contributed by atoms with Crippen LogP contribution >= 0.6 is 0 Å². The Bertz CT molecular complexity index is 694. The van der Waals surface area contributed by atoms with Crippen LogP contribution in [0.3, 0.4) is 0 Å². The van der Waals surface area contributed by atoms with Crippen LogP contribution in [-0.4, -0.2) is 27.4 Å². The number of carbonyl (C=O) groups is 1. The largest absolute Gasteiger partial charge is 0.416 e. The second-order valence-electron chi connectivity index (χ2n) is 4.51. The van der Waals surface area contributed by atoms with Crippen molar-refractivity contribution in [2.24, 2.45) is 0 Å². The van der Waals surface area contributed by atoms with Gasteiger partial charge in [-0.1, -0.05) is 12.0 Å². The van der Waals surface area contributed by atoms with Crippen LogP contribution in [0, 0.1) is 12.3 Å². The molecule has 0 atom stereocenters. The van der Waals surface area contributed by atoms with E-state index in [0.29, 0.717) is 6.07 Å². The Kier molecular flexibility index (Phi) is 6.60. The molecule has 0 aliphatic rings. The molecule has 0 aliphatic carbocycles. The molecule has 0 unspecified atom stereocenters. The molecule has 23 heavy (non-hydrogen) atoms. The SMILES string of the molecule is C#CCNC(=O)CCCNS(=O)(=O)c1cccc(C(F)(F)F)c1. The standard InChI is InChI=1S/C14H15F3N2O3S/c1-2-8-18-13(20)7-4-9-19-23(21,22)12-6-3-5-11(10-12)14(15,16)17/h1,3,5-6,10,19H,4,7-9H2,(H,18,20). The summed E-state index contributed by atoms with van der Waals surface area (Å²) in [6.45, 7) is -0.00313. The Morgan fingerprint density at radius 1 is 1.30 bits per heavy atom. The van der Waals surface area contributed by atoms with E-state index in [1.54, 1.807) is 0 Å². The lowest BCUT2D eigenvalue weighted by Gasteiger charge is -2.10. The molecule has 0 radical (unpaired) electrons. The van der Waals surface area contributed by atoms with Gasteiger partial charge in [0.1, 0.15) is 0 Å². The number of hydrogen-bond donors (Lipinski definition) is 2. The van der Waals surface area contributed by atoms with Crippen LogP contribution in [0.5, 0.6) is 0 Å². The summed E-state index contributed by atoms with van der Waals surface area (Å²) in [7, 11) is -4.07. The predicted octanol–water partition coefficient (Wildman–Crippen LogP) is 1.51. The van der Waals surface area contributed by atoms with Crippen molar-refractivity contribution >= 4 is 15.9 Å². The molecule has 5 nitrogen and oxygen atoms in total. The first-order valence-corrected chi connectivity index (χ1v) is 8.02. The predicted molar refractivity (Wildman–Crippen MR) is 77.7 cm³/mol. The van der Waals surface area contributed by atoms with Gasteiger partial charge in [-0.3, -0.25) is 4.79 Å². The van der Waals surface area contributed by atoms with Gasteiger partial charge in [-0.15, -0.1) is 6.42 Å². The lowest BCUT2D eigenvalue weighted by molar-refractivity contribution is -0.137. The van der Waals surface area contributed by atoms with Gasteiger partial charge in [0, 0.05) is 13.0 Å². The van der Waals surface area contributed by atoms with E-state index in [9.17, 15) is 26.4 Å². The zero-order valence-corrected chi connectivity index (χ0v) is 12.8. The fraction of sp³-hybridized carbons (Fsp3) is 0.357. The molecule has 0 aliphatic heterocycles. The summed E-state index contributed by atoms with van der Waals surface area (Å²) in [4.78, 5) is 10.8. The van der Waals surface area contributed by atoms with E-state index in [0.717, 1.165) is 18.2 Å².